The molecule has 1 fully saturated rings. The molecule has 0 unspecified atom stereocenters. The van der Waals surface area contributed by atoms with Crippen LogP contribution in [0.4, 0.5) is 0 Å². The van der Waals surface area contributed by atoms with Gasteiger partial charge in [0.2, 0.25) is 0 Å². The van der Waals surface area contributed by atoms with Crippen LogP contribution in [-0.4, -0.2) is 0 Å². The Labute approximate surface area is 163 Å². The first-order valence-corrected chi connectivity index (χ1v) is 8.96. The Hall–Kier alpha value is 1.10. The van der Waals surface area contributed by atoms with Crippen LogP contribution in [0.1, 0.15) is 101 Å². The van der Waals surface area contributed by atoms with Crippen LogP contribution in [0.25, 0.3) is 0 Å². The smallest absolute Gasteiger partial charge is 0 e. The van der Waals surface area contributed by atoms with Gasteiger partial charge in [-0.3, -0.25) is 0 Å². The van der Waals surface area contributed by atoms with E-state index in [-0.39, 0.29) is 32.7 Å². The predicted octanol–water partition coefficient (Wildman–Crippen LogP) is 7.78. The third kappa shape index (κ3) is 44.9. The monoisotopic (exact) mass is 374 g/mol. The molecule has 0 aromatic rings. The van der Waals surface area contributed by atoms with Crippen molar-refractivity contribution in [2.75, 3.05) is 0 Å². The average molecular weight is 374 g/mol. The molecule has 0 spiro atoms. The van der Waals surface area contributed by atoms with Gasteiger partial charge in [0, 0.05) is 32.7 Å². The normalized spacial score (nSPS) is 12.3. The van der Waals surface area contributed by atoms with Gasteiger partial charge in [0.25, 0.3) is 0 Å². The maximum absolute atomic E-state index is 3.25. The van der Waals surface area contributed by atoms with Crippen LogP contribution in [0.5, 0.6) is 0 Å². The van der Waals surface area contributed by atoms with E-state index >= 15 is 0 Å². The van der Waals surface area contributed by atoms with E-state index < -0.39 is 0 Å². The van der Waals surface area contributed by atoms with Gasteiger partial charge in [-0.1, -0.05) is 81.1 Å². The fraction of sp³-hybridized carbons (Fsp3) is 0.950. The van der Waals surface area contributed by atoms with Crippen molar-refractivity contribution in [2.24, 2.45) is 23.7 Å². The first kappa shape index (κ1) is 30.0. The first-order valence-electron chi connectivity index (χ1n) is 8.96. The van der Waals surface area contributed by atoms with Gasteiger partial charge in [-0.05, 0) is 36.5 Å². The van der Waals surface area contributed by atoms with Gasteiger partial charge in [0.1, 0.15) is 0 Å². The second-order valence-corrected chi connectivity index (χ2v) is 7.46. The second-order valence-electron chi connectivity index (χ2n) is 7.46. The molecule has 0 atom stereocenters. The van der Waals surface area contributed by atoms with Crippen molar-refractivity contribution in [2.45, 2.75) is 101 Å². The van der Waals surface area contributed by atoms with Gasteiger partial charge in [0.05, 0.1) is 0 Å². The fourth-order valence-corrected chi connectivity index (χ4v) is 2.14. The minimum atomic E-state index is 0. The maximum Gasteiger partial charge on any atom is 0 e. The molecule has 0 heterocycles. The van der Waals surface area contributed by atoms with Gasteiger partial charge in [-0.25, -0.2) is 0 Å². The zero-order valence-corrected chi connectivity index (χ0v) is 19.7. The molecule has 0 aromatic heterocycles. The summed E-state index contributed by atoms with van der Waals surface area (Å²) >= 11 is 0. The largest absolute Gasteiger partial charge is 0.346 e. The molecule has 0 bridgehead atoms. The molecule has 0 aliphatic heterocycles. The molecule has 1 aliphatic carbocycles. The molecule has 1 rings (SSSR count). The summed E-state index contributed by atoms with van der Waals surface area (Å²) < 4.78 is 0. The molecular weight excluding hydrogens is 329 g/mol. The van der Waals surface area contributed by atoms with Gasteiger partial charge >= 0.3 is 0 Å². The summed E-state index contributed by atoms with van der Waals surface area (Å²) in [6, 6.07) is 0. The van der Waals surface area contributed by atoms with Crippen LogP contribution in [0.2, 0.25) is 0 Å². The third-order valence-corrected chi connectivity index (χ3v) is 2.89. The number of hydrogen-bond acceptors (Lipinski definition) is 0. The van der Waals surface area contributed by atoms with Gasteiger partial charge in [-0.15, -0.1) is 0 Å². The molecule has 1 radical (unpaired) electrons. The zero-order chi connectivity index (χ0) is 16.6. The van der Waals surface area contributed by atoms with Crippen LogP contribution >= 0.6 is 0 Å². The van der Waals surface area contributed by atoms with Crippen LogP contribution in [0.3, 0.4) is 0 Å². The van der Waals surface area contributed by atoms with E-state index in [1.807, 2.05) is 0 Å². The molecule has 21 heavy (non-hydrogen) atoms. The van der Waals surface area contributed by atoms with Gasteiger partial charge < -0.3 is 6.92 Å². The number of hydrogen-bond donors (Lipinski definition) is 0. The summed E-state index contributed by atoms with van der Waals surface area (Å²) in [5, 5.41) is 0. The standard InChI is InChI=1S/2C7H16.C4H8.C2H5.Y/c2*1-6(2)5-7(3)4;1-2-4-3-1;1-2;/h2*6-7H,5H2,1-4H3;1-4H2;1H2,2H3;/q;;;-1;. The molecule has 1 heteroatoms. The molecule has 1 aliphatic rings. The van der Waals surface area contributed by atoms with Crippen molar-refractivity contribution in [1.29, 1.82) is 0 Å². The van der Waals surface area contributed by atoms with Crippen LogP contribution in [-0.2, 0) is 32.7 Å². The molecule has 0 amide bonds. The van der Waals surface area contributed by atoms with Gasteiger partial charge in [0.15, 0.2) is 0 Å². The first-order chi connectivity index (χ1) is 9.25. The van der Waals surface area contributed by atoms with E-state index in [4.69, 9.17) is 0 Å². The van der Waals surface area contributed by atoms with Crippen molar-refractivity contribution in [3.8, 4) is 0 Å². The molecule has 0 N–H and O–H groups in total. The van der Waals surface area contributed by atoms with Crippen molar-refractivity contribution in [3.63, 3.8) is 0 Å². The van der Waals surface area contributed by atoms with E-state index in [2.05, 4.69) is 62.3 Å². The Bertz CT molecular complexity index is 114. The summed E-state index contributed by atoms with van der Waals surface area (Å²) in [5.41, 5.74) is 0. The SMILES string of the molecule is C1CCC1.CC(C)CC(C)C.CC(C)CC(C)C.[CH2-]C.[Y]. The van der Waals surface area contributed by atoms with Crippen molar-refractivity contribution < 1.29 is 32.7 Å². The average Bonchev–Trinajstić information content (AvgIpc) is 2.13. The van der Waals surface area contributed by atoms with Crippen LogP contribution in [0.15, 0.2) is 0 Å². The molecule has 0 aromatic carbocycles. The Kier molecular flexibility index (Phi) is 33.4. The zero-order valence-electron chi connectivity index (χ0n) is 16.8. The molecule has 129 valence electrons. The topological polar surface area (TPSA) is 0 Å². The quantitative estimate of drug-likeness (QED) is 0.441. The number of rotatable bonds is 4. The van der Waals surface area contributed by atoms with Crippen LogP contribution < -0.4 is 0 Å². The van der Waals surface area contributed by atoms with E-state index in [0.29, 0.717) is 0 Å². The van der Waals surface area contributed by atoms with Crippen LogP contribution in [0, 0.1) is 30.6 Å². The summed E-state index contributed by atoms with van der Waals surface area (Å²) in [6.07, 6.45) is 8.72. The Balaban J connectivity index is -0.0000000973. The van der Waals surface area contributed by atoms with E-state index in [9.17, 15) is 0 Å². The minimum absolute atomic E-state index is 0. The molecule has 0 nitrogen and oxygen atoms in total. The molecule has 1 saturated carbocycles. The summed E-state index contributed by atoms with van der Waals surface area (Å²) in [6.45, 7) is 23.1. The van der Waals surface area contributed by atoms with Crippen molar-refractivity contribution >= 4 is 0 Å². The Morgan fingerprint density at radius 1 is 0.524 bits per heavy atom. The molecular formula is C20H45Y-. The van der Waals surface area contributed by atoms with Gasteiger partial charge in [-0.2, -0.15) is 6.92 Å². The fourth-order valence-electron chi connectivity index (χ4n) is 2.14. The second kappa shape index (κ2) is 23.4. The third-order valence-electron chi connectivity index (χ3n) is 2.89. The van der Waals surface area contributed by atoms with Crippen molar-refractivity contribution in [3.05, 3.63) is 6.92 Å². The van der Waals surface area contributed by atoms with E-state index in [0.717, 1.165) is 23.7 Å². The molecule has 0 saturated heterocycles. The minimum Gasteiger partial charge on any atom is -0.346 e. The van der Waals surface area contributed by atoms with Crippen molar-refractivity contribution in [1.82, 2.24) is 0 Å². The predicted molar refractivity (Wildman–Crippen MR) is 98.1 cm³/mol. The Morgan fingerprint density at radius 3 is 0.667 bits per heavy atom. The van der Waals surface area contributed by atoms with E-state index in [1.54, 1.807) is 6.92 Å². The summed E-state index contributed by atoms with van der Waals surface area (Å²) in [4.78, 5) is 0. The van der Waals surface area contributed by atoms with E-state index in [1.165, 1.54) is 38.5 Å². The summed E-state index contributed by atoms with van der Waals surface area (Å²) in [5.74, 6) is 3.50. The summed E-state index contributed by atoms with van der Waals surface area (Å²) in [7, 11) is 0. The Morgan fingerprint density at radius 2 is 0.667 bits per heavy atom. The maximum atomic E-state index is 3.25.